The van der Waals surface area contributed by atoms with E-state index < -0.39 is 0 Å². The summed E-state index contributed by atoms with van der Waals surface area (Å²) in [7, 11) is 1.73. The number of benzene rings is 9. The topological polar surface area (TPSA) is 9.23 Å². The van der Waals surface area contributed by atoms with Crippen molar-refractivity contribution < 1.29 is 4.74 Å². The van der Waals surface area contributed by atoms with E-state index >= 15 is 0 Å². The largest absolute Gasteiger partial charge is 0.496 e. The van der Waals surface area contributed by atoms with Crippen LogP contribution in [-0.2, 0) is 69.6 Å². The highest BCUT2D eigenvalue weighted by atomic mass is 16.5. The lowest BCUT2D eigenvalue weighted by Gasteiger charge is -2.18. The minimum Gasteiger partial charge on any atom is -0.496 e. The second-order valence-electron chi connectivity index (χ2n) is 27.9. The summed E-state index contributed by atoms with van der Waals surface area (Å²) in [5, 5.41) is 0. The van der Waals surface area contributed by atoms with Crippen LogP contribution in [0.5, 0.6) is 5.75 Å². The van der Waals surface area contributed by atoms with Gasteiger partial charge in [-0.05, 0) is 316 Å². The van der Waals surface area contributed by atoms with Gasteiger partial charge in [-0.1, -0.05) is 269 Å². The van der Waals surface area contributed by atoms with E-state index in [0.717, 1.165) is 70.0 Å². The maximum Gasteiger partial charge on any atom is 0.122 e. The Labute approximate surface area is 598 Å². The Hall–Kier alpha value is -7.22. The molecule has 0 spiro atoms. The molecule has 0 saturated carbocycles. The molecule has 0 aliphatic rings. The Balaban J connectivity index is 0.000000547. The van der Waals surface area contributed by atoms with Crippen LogP contribution in [0.3, 0.4) is 0 Å². The predicted octanol–water partition coefficient (Wildman–Crippen LogP) is 27.4. The SMILES string of the molecule is CCc1c(C)c(C)c(C)c(C)c1C.CCc1c(C)cc(C)cc1C.CCc1cc(C)c(C)c(C)c1.CCc1cc(C)cc(C)c1.CCc1ccc(C(C)(C)C)cc1.CCc1ccc(C)cc1.CCc1ccc(C)cc1.CCc1ccc(C)cc1C.CCc1ccc(CC)c(OC)c1. The fourth-order valence-electron chi connectivity index (χ4n) is 11.9. The van der Waals surface area contributed by atoms with Gasteiger partial charge in [0.25, 0.3) is 0 Å². The van der Waals surface area contributed by atoms with Crippen molar-refractivity contribution in [3.05, 3.63) is 307 Å². The molecule has 0 radical (unpaired) electrons. The summed E-state index contributed by atoms with van der Waals surface area (Å²) < 4.78 is 5.28. The van der Waals surface area contributed by atoms with Crippen molar-refractivity contribution in [2.45, 2.75) is 277 Å². The summed E-state index contributed by atoms with van der Waals surface area (Å²) in [5.41, 5.74) is 40.1. The summed E-state index contributed by atoms with van der Waals surface area (Å²) in [6, 6.07) is 55.1. The Morgan fingerprint density at radius 1 is 0.237 bits per heavy atom. The van der Waals surface area contributed by atoms with Crippen molar-refractivity contribution in [3.8, 4) is 5.75 Å². The molecule has 1 nitrogen and oxygen atoms in total. The van der Waals surface area contributed by atoms with Crippen LogP contribution in [0, 0.1) is 118 Å². The molecule has 0 aromatic heterocycles. The zero-order valence-corrected chi connectivity index (χ0v) is 67.9. The zero-order chi connectivity index (χ0) is 73.7. The first-order valence-electron chi connectivity index (χ1n) is 37.0. The van der Waals surface area contributed by atoms with E-state index in [0.29, 0.717) is 0 Å². The molecule has 9 aromatic rings. The molecule has 0 saturated heterocycles. The Morgan fingerprint density at radius 2 is 0.567 bits per heavy atom. The van der Waals surface area contributed by atoms with E-state index in [-0.39, 0.29) is 5.41 Å². The van der Waals surface area contributed by atoms with E-state index in [1.54, 1.807) is 12.7 Å². The molecule has 9 aromatic carbocycles. The normalized spacial score (nSPS) is 10.2. The van der Waals surface area contributed by atoms with Crippen molar-refractivity contribution in [3.63, 3.8) is 0 Å². The van der Waals surface area contributed by atoms with Crippen LogP contribution in [0.25, 0.3) is 0 Å². The van der Waals surface area contributed by atoms with Gasteiger partial charge in [-0.15, -0.1) is 0 Å². The molecule has 1 heteroatoms. The van der Waals surface area contributed by atoms with E-state index in [1.807, 2.05) is 0 Å². The number of hydrogen-bond donors (Lipinski definition) is 0. The van der Waals surface area contributed by atoms with E-state index in [4.69, 9.17) is 4.74 Å². The van der Waals surface area contributed by atoms with Crippen LogP contribution >= 0.6 is 0 Å². The fourth-order valence-corrected chi connectivity index (χ4v) is 11.9. The van der Waals surface area contributed by atoms with Crippen molar-refractivity contribution in [2.24, 2.45) is 0 Å². The van der Waals surface area contributed by atoms with Crippen molar-refractivity contribution in [1.82, 2.24) is 0 Å². The number of hydrogen-bond acceptors (Lipinski definition) is 1. The molecule has 0 aliphatic heterocycles. The molecule has 0 atom stereocenters. The van der Waals surface area contributed by atoms with Crippen molar-refractivity contribution >= 4 is 0 Å². The van der Waals surface area contributed by atoms with E-state index in [1.165, 1.54) is 150 Å². The van der Waals surface area contributed by atoms with Gasteiger partial charge < -0.3 is 4.74 Å². The Bertz CT molecular complexity index is 3540. The molecule has 0 amide bonds. The molecule has 97 heavy (non-hydrogen) atoms. The third-order valence-electron chi connectivity index (χ3n) is 19.1. The van der Waals surface area contributed by atoms with Gasteiger partial charge in [0.15, 0.2) is 0 Å². The van der Waals surface area contributed by atoms with Crippen LogP contribution in [0.2, 0.25) is 0 Å². The minimum atomic E-state index is 0.284. The predicted molar refractivity (Wildman–Crippen MR) is 438 cm³/mol. The van der Waals surface area contributed by atoms with Gasteiger partial charge in [0.2, 0.25) is 0 Å². The van der Waals surface area contributed by atoms with Gasteiger partial charge in [0.05, 0.1) is 7.11 Å². The first kappa shape index (κ1) is 87.8. The summed E-state index contributed by atoms with van der Waals surface area (Å²) >= 11 is 0. The monoisotopic (exact) mass is 1310 g/mol. The lowest BCUT2D eigenvalue weighted by atomic mass is 9.86. The molecule has 0 aliphatic carbocycles. The highest BCUT2D eigenvalue weighted by molar-refractivity contribution is 5.49. The number of ether oxygens (including phenoxy) is 1. The van der Waals surface area contributed by atoms with Crippen molar-refractivity contribution in [2.75, 3.05) is 7.11 Å². The highest BCUT2D eigenvalue weighted by Gasteiger charge is 2.13. The molecule has 9 rings (SSSR count). The highest BCUT2D eigenvalue weighted by Crippen LogP contribution is 2.27. The average Bonchev–Trinajstić information content (AvgIpc) is 0.808. The zero-order valence-electron chi connectivity index (χ0n) is 67.9. The standard InChI is InChI=1S/C13H20.C12H18.C11H16O.2C11H16.2C10H14.2C9H12/c1-7-13-11(5)9(3)8(2)10(4)12(13)6;1-5-10-6-8-11(9-7-10)12(2,3)4;1-4-9-6-7-10(5-2)11(8-9)12-3;1-5-11-6-8(2)10(4)9(3)7-11;1-5-11-9(3)6-8(2)7-10(11)4;1-4-10-6-8(2)5-9(3)7-10;1-4-10-6-5-8(2)7-9(10)3;2*1-3-9-6-4-8(2)5-7-9/h7H2,1-6H3;6-9H,5H2,1-4H3;6-8H,4-5H2,1-3H3;2*6-7H,5H2,1-4H3;2*5-7H,4H2,1-3H3;2*4-7H,3H2,1-2H3. The van der Waals surface area contributed by atoms with Gasteiger partial charge in [-0.3, -0.25) is 0 Å². The minimum absolute atomic E-state index is 0.284. The maximum absolute atomic E-state index is 5.28. The van der Waals surface area contributed by atoms with Crippen LogP contribution in [0.15, 0.2) is 152 Å². The molecule has 0 fully saturated rings. The quantitative estimate of drug-likeness (QED) is 0.125. The summed E-state index contributed by atoms with van der Waals surface area (Å²) in [6.07, 6.45) is 11.2. The lowest BCUT2D eigenvalue weighted by molar-refractivity contribution is 0.409. The molecule has 0 heterocycles. The van der Waals surface area contributed by atoms with Gasteiger partial charge in [-0.2, -0.15) is 0 Å². The van der Waals surface area contributed by atoms with Crippen LogP contribution < -0.4 is 4.74 Å². The smallest absolute Gasteiger partial charge is 0.122 e. The summed E-state index contributed by atoms with van der Waals surface area (Å²) in [4.78, 5) is 0. The fraction of sp³-hybridized carbons (Fsp3) is 0.438. The summed E-state index contributed by atoms with van der Waals surface area (Å²) in [6.45, 7) is 65.7. The van der Waals surface area contributed by atoms with E-state index in [2.05, 4.69) is 359 Å². The second-order valence-corrected chi connectivity index (χ2v) is 27.9. The number of aryl methyl sites for hydroxylation is 19. The molecule has 0 unspecified atom stereocenters. The molecular weight excluding hydrogens is 1170 g/mol. The number of rotatable bonds is 11. The Morgan fingerprint density at radius 3 is 0.918 bits per heavy atom. The molecule has 0 N–H and O–H groups in total. The molecule has 528 valence electrons. The third kappa shape index (κ3) is 31.9. The maximum atomic E-state index is 5.28. The Kier molecular flexibility index (Phi) is 41.7. The van der Waals surface area contributed by atoms with Crippen molar-refractivity contribution in [1.29, 1.82) is 0 Å². The van der Waals surface area contributed by atoms with Gasteiger partial charge in [0, 0.05) is 0 Å². The lowest BCUT2D eigenvalue weighted by Crippen LogP contribution is -2.10. The number of methoxy groups -OCH3 is 1. The molecular formula is C96H138O. The summed E-state index contributed by atoms with van der Waals surface area (Å²) in [5.74, 6) is 1.02. The average molecular weight is 1310 g/mol. The van der Waals surface area contributed by atoms with Gasteiger partial charge in [-0.25, -0.2) is 0 Å². The third-order valence-corrected chi connectivity index (χ3v) is 19.1. The van der Waals surface area contributed by atoms with E-state index in [9.17, 15) is 0 Å². The first-order chi connectivity index (χ1) is 45.8. The second kappa shape index (κ2) is 46.1. The van der Waals surface area contributed by atoms with Gasteiger partial charge in [0.1, 0.15) is 5.75 Å². The van der Waals surface area contributed by atoms with Gasteiger partial charge >= 0.3 is 0 Å². The van der Waals surface area contributed by atoms with Crippen LogP contribution in [0.1, 0.15) is 246 Å². The van der Waals surface area contributed by atoms with Crippen LogP contribution in [0.4, 0.5) is 0 Å². The first-order valence-corrected chi connectivity index (χ1v) is 37.0. The van der Waals surface area contributed by atoms with Crippen LogP contribution in [-0.4, -0.2) is 7.11 Å². The molecule has 0 bridgehead atoms.